The number of likely N-dealkylation sites (N-methyl/N-ethyl adjacent to an activating group) is 1. The third-order valence-corrected chi connectivity index (χ3v) is 6.32. The molecule has 2 aromatic rings. The molecule has 0 aliphatic carbocycles. The number of benzene rings is 1. The number of ether oxygens (including phenoxy) is 2. The van der Waals surface area contributed by atoms with Gasteiger partial charge < -0.3 is 29.5 Å². The third kappa shape index (κ3) is 4.91. The number of aliphatic imine (C=N–C) groups is 1. The number of methoxy groups -OCH3 is 2. The Labute approximate surface area is 190 Å². The highest BCUT2D eigenvalue weighted by atomic mass is 16.5. The van der Waals surface area contributed by atoms with E-state index >= 15 is 0 Å². The van der Waals surface area contributed by atoms with E-state index in [2.05, 4.69) is 61.3 Å². The minimum Gasteiger partial charge on any atom is -0.493 e. The Morgan fingerprint density at radius 2 is 1.75 bits per heavy atom. The van der Waals surface area contributed by atoms with Crippen molar-refractivity contribution in [3.05, 3.63) is 47.2 Å². The molecule has 0 unspecified atom stereocenters. The number of hydrogen-bond donors (Lipinski definition) is 1. The lowest BCUT2D eigenvalue weighted by Gasteiger charge is -2.33. The van der Waals surface area contributed by atoms with Gasteiger partial charge in [-0.1, -0.05) is 0 Å². The van der Waals surface area contributed by atoms with Crippen molar-refractivity contribution in [2.45, 2.75) is 19.5 Å². The fourth-order valence-electron chi connectivity index (χ4n) is 4.36. The van der Waals surface area contributed by atoms with Crippen LogP contribution in [-0.4, -0.2) is 81.8 Å². The van der Waals surface area contributed by atoms with E-state index in [0.717, 1.165) is 69.0 Å². The first kappa shape index (κ1) is 22.2. The molecule has 1 aromatic heterocycles. The summed E-state index contributed by atoms with van der Waals surface area (Å²) in [5.41, 5.74) is 3.76. The Morgan fingerprint density at radius 1 is 1.03 bits per heavy atom. The average Bonchev–Trinajstić information content (AvgIpc) is 2.84. The summed E-state index contributed by atoms with van der Waals surface area (Å²) in [6.45, 7) is 6.59. The minimum absolute atomic E-state index is 0.714. The monoisotopic (exact) mass is 438 g/mol. The average molecular weight is 439 g/mol. The molecule has 8 nitrogen and oxygen atoms in total. The standard InChI is InChI=1S/C24H34N6O2/c1-25-24(30-8-6-19-14-21(31-3)22(32-4)15-20(19)17-30)27-16-18-5-7-26-23(13-18)29-11-9-28(2)10-12-29/h5,7,13-15H,6,8-12,16-17H2,1-4H3,(H,25,27). The van der Waals surface area contributed by atoms with Gasteiger partial charge in [0.2, 0.25) is 0 Å². The number of guanidine groups is 1. The van der Waals surface area contributed by atoms with Gasteiger partial charge in [-0.2, -0.15) is 0 Å². The molecule has 0 bridgehead atoms. The van der Waals surface area contributed by atoms with Crippen LogP contribution in [0.3, 0.4) is 0 Å². The van der Waals surface area contributed by atoms with Gasteiger partial charge in [0.1, 0.15) is 5.82 Å². The molecule has 2 aliphatic rings. The number of aromatic nitrogens is 1. The normalized spacial score (nSPS) is 17.2. The number of nitrogens with one attached hydrogen (secondary N) is 1. The van der Waals surface area contributed by atoms with Crippen LogP contribution in [0.2, 0.25) is 0 Å². The SMILES string of the molecule is CN=C(NCc1ccnc(N2CCN(C)CC2)c1)N1CCc2cc(OC)c(OC)cc2C1. The van der Waals surface area contributed by atoms with Crippen LogP contribution in [0.15, 0.2) is 35.5 Å². The molecule has 8 heteroatoms. The Kier molecular flexibility index (Phi) is 6.99. The van der Waals surface area contributed by atoms with Gasteiger partial charge in [-0.15, -0.1) is 0 Å². The fourth-order valence-corrected chi connectivity index (χ4v) is 4.36. The molecule has 0 radical (unpaired) electrons. The molecular formula is C24H34N6O2. The van der Waals surface area contributed by atoms with Crippen LogP contribution in [0.1, 0.15) is 16.7 Å². The van der Waals surface area contributed by atoms with Gasteiger partial charge in [0.25, 0.3) is 0 Å². The first-order valence-electron chi connectivity index (χ1n) is 11.2. The number of piperazine rings is 1. The second-order valence-electron chi connectivity index (χ2n) is 8.36. The first-order chi connectivity index (χ1) is 15.6. The van der Waals surface area contributed by atoms with Gasteiger partial charge in [-0.05, 0) is 54.4 Å². The highest BCUT2D eigenvalue weighted by Crippen LogP contribution is 2.33. The van der Waals surface area contributed by atoms with Gasteiger partial charge in [-0.3, -0.25) is 4.99 Å². The minimum atomic E-state index is 0.714. The lowest BCUT2D eigenvalue weighted by atomic mass is 9.99. The molecular weight excluding hydrogens is 404 g/mol. The summed E-state index contributed by atoms with van der Waals surface area (Å²) in [6, 6.07) is 8.44. The van der Waals surface area contributed by atoms with Crippen LogP contribution < -0.4 is 19.7 Å². The number of anilines is 1. The van der Waals surface area contributed by atoms with Gasteiger partial charge in [0.05, 0.1) is 14.2 Å². The molecule has 4 rings (SSSR count). The molecule has 172 valence electrons. The number of rotatable bonds is 5. The number of nitrogens with zero attached hydrogens (tertiary/aromatic N) is 5. The maximum absolute atomic E-state index is 5.49. The second-order valence-corrected chi connectivity index (χ2v) is 8.36. The molecule has 1 N–H and O–H groups in total. The van der Waals surface area contributed by atoms with Crippen LogP contribution in [0.4, 0.5) is 5.82 Å². The number of hydrogen-bond acceptors (Lipinski definition) is 6. The topological polar surface area (TPSA) is 65.5 Å². The van der Waals surface area contributed by atoms with Crippen molar-refractivity contribution in [1.29, 1.82) is 0 Å². The van der Waals surface area contributed by atoms with Crippen LogP contribution in [0.5, 0.6) is 11.5 Å². The Balaban J connectivity index is 1.40. The highest BCUT2D eigenvalue weighted by molar-refractivity contribution is 5.80. The van der Waals surface area contributed by atoms with E-state index in [1.807, 2.05) is 13.2 Å². The van der Waals surface area contributed by atoms with E-state index in [-0.39, 0.29) is 0 Å². The predicted octanol–water partition coefficient (Wildman–Crippen LogP) is 1.98. The highest BCUT2D eigenvalue weighted by Gasteiger charge is 2.22. The summed E-state index contributed by atoms with van der Waals surface area (Å²) in [7, 11) is 7.37. The molecule has 32 heavy (non-hydrogen) atoms. The smallest absolute Gasteiger partial charge is 0.194 e. The molecule has 0 saturated carbocycles. The Morgan fingerprint density at radius 3 is 2.44 bits per heavy atom. The van der Waals surface area contributed by atoms with Gasteiger partial charge in [0.15, 0.2) is 17.5 Å². The largest absolute Gasteiger partial charge is 0.493 e. The van der Waals surface area contributed by atoms with Crippen LogP contribution >= 0.6 is 0 Å². The Hall–Kier alpha value is -3.00. The van der Waals surface area contributed by atoms with Gasteiger partial charge >= 0.3 is 0 Å². The zero-order valence-corrected chi connectivity index (χ0v) is 19.6. The van der Waals surface area contributed by atoms with E-state index < -0.39 is 0 Å². The van der Waals surface area contributed by atoms with E-state index in [4.69, 9.17) is 9.47 Å². The molecule has 1 aromatic carbocycles. The van der Waals surface area contributed by atoms with Crippen molar-refractivity contribution in [2.24, 2.45) is 4.99 Å². The Bertz CT molecular complexity index is 956. The lowest BCUT2D eigenvalue weighted by Crippen LogP contribution is -2.45. The second kappa shape index (κ2) is 10.1. The summed E-state index contributed by atoms with van der Waals surface area (Å²) >= 11 is 0. The van der Waals surface area contributed by atoms with E-state index in [9.17, 15) is 0 Å². The molecule has 2 aliphatic heterocycles. The summed E-state index contributed by atoms with van der Waals surface area (Å²) in [4.78, 5) is 16.1. The van der Waals surface area contributed by atoms with E-state index in [0.29, 0.717) is 6.54 Å². The molecule has 3 heterocycles. The van der Waals surface area contributed by atoms with Gasteiger partial charge in [0, 0.05) is 59.1 Å². The number of pyridine rings is 1. The predicted molar refractivity (Wildman–Crippen MR) is 128 cm³/mol. The van der Waals surface area contributed by atoms with E-state index in [1.165, 1.54) is 16.7 Å². The summed E-state index contributed by atoms with van der Waals surface area (Å²) in [6.07, 6.45) is 2.85. The maximum atomic E-state index is 5.49. The van der Waals surface area contributed by atoms with Gasteiger partial charge in [-0.25, -0.2) is 4.98 Å². The zero-order valence-electron chi connectivity index (χ0n) is 19.6. The van der Waals surface area contributed by atoms with Crippen molar-refractivity contribution in [1.82, 2.24) is 20.1 Å². The summed E-state index contributed by atoms with van der Waals surface area (Å²) in [5.74, 6) is 3.52. The summed E-state index contributed by atoms with van der Waals surface area (Å²) in [5, 5.41) is 3.54. The van der Waals surface area contributed by atoms with Crippen molar-refractivity contribution >= 4 is 11.8 Å². The first-order valence-corrected chi connectivity index (χ1v) is 11.2. The molecule has 0 amide bonds. The van der Waals surface area contributed by atoms with Crippen molar-refractivity contribution in [3.8, 4) is 11.5 Å². The van der Waals surface area contributed by atoms with Crippen molar-refractivity contribution in [3.63, 3.8) is 0 Å². The molecule has 1 saturated heterocycles. The summed E-state index contributed by atoms with van der Waals surface area (Å²) < 4.78 is 11.0. The quantitative estimate of drug-likeness (QED) is 0.566. The molecule has 0 atom stereocenters. The fraction of sp³-hybridized carbons (Fsp3) is 0.500. The van der Waals surface area contributed by atoms with Crippen LogP contribution in [0, 0.1) is 0 Å². The molecule has 1 fully saturated rings. The molecule has 0 spiro atoms. The van der Waals surface area contributed by atoms with Crippen LogP contribution in [-0.2, 0) is 19.5 Å². The zero-order chi connectivity index (χ0) is 22.5. The van der Waals surface area contributed by atoms with E-state index in [1.54, 1.807) is 14.2 Å². The third-order valence-electron chi connectivity index (χ3n) is 6.32. The van der Waals surface area contributed by atoms with Crippen molar-refractivity contribution in [2.75, 3.05) is 65.9 Å². The maximum Gasteiger partial charge on any atom is 0.194 e. The number of fused-ring (bicyclic) bond motifs is 1. The van der Waals surface area contributed by atoms with Crippen LogP contribution in [0.25, 0.3) is 0 Å². The lowest BCUT2D eigenvalue weighted by molar-refractivity contribution is 0.312. The van der Waals surface area contributed by atoms with Crippen molar-refractivity contribution < 1.29 is 9.47 Å².